The third-order valence-electron chi connectivity index (χ3n) is 3.24. The average Bonchev–Trinajstić information content (AvgIpc) is 2.44. The first-order chi connectivity index (χ1) is 9.56. The number of aromatic hydroxyl groups is 1. The highest BCUT2D eigenvalue weighted by atomic mass is 19.2. The predicted octanol–water partition coefficient (Wildman–Crippen LogP) is 3.56. The van der Waals surface area contributed by atoms with Gasteiger partial charge in [-0.2, -0.15) is 0 Å². The molecule has 2 N–H and O–H groups in total. The van der Waals surface area contributed by atoms with E-state index >= 15 is 0 Å². The quantitative estimate of drug-likeness (QED) is 0.875. The summed E-state index contributed by atoms with van der Waals surface area (Å²) < 4.78 is 26.0. The maximum Gasteiger partial charge on any atom is 0.159 e. The second-order valence-electron chi connectivity index (χ2n) is 4.77. The first-order valence-corrected chi connectivity index (χ1v) is 6.52. The summed E-state index contributed by atoms with van der Waals surface area (Å²) in [5, 5.41) is 12.4. The Morgan fingerprint density at radius 3 is 2.40 bits per heavy atom. The normalized spacial score (nSPS) is 12.3. The summed E-state index contributed by atoms with van der Waals surface area (Å²) in [5.41, 5.74) is 1.82. The third-order valence-corrected chi connectivity index (χ3v) is 3.24. The molecule has 0 aromatic heterocycles. The molecular formula is C16H17F2NO. The minimum atomic E-state index is -0.829. The molecule has 0 saturated heterocycles. The van der Waals surface area contributed by atoms with E-state index in [1.165, 1.54) is 6.07 Å². The van der Waals surface area contributed by atoms with Crippen LogP contribution in [0.2, 0.25) is 0 Å². The molecule has 0 aliphatic carbocycles. The van der Waals surface area contributed by atoms with Gasteiger partial charge in [0.15, 0.2) is 11.6 Å². The zero-order valence-corrected chi connectivity index (χ0v) is 11.2. The molecule has 2 aromatic rings. The van der Waals surface area contributed by atoms with Gasteiger partial charge in [0.1, 0.15) is 5.75 Å². The van der Waals surface area contributed by atoms with Gasteiger partial charge in [0, 0.05) is 6.04 Å². The molecular weight excluding hydrogens is 260 g/mol. The molecule has 0 bridgehead atoms. The van der Waals surface area contributed by atoms with Crippen molar-refractivity contribution in [1.82, 2.24) is 5.32 Å². The van der Waals surface area contributed by atoms with Gasteiger partial charge in [-0.25, -0.2) is 8.78 Å². The Morgan fingerprint density at radius 2 is 1.75 bits per heavy atom. The summed E-state index contributed by atoms with van der Waals surface area (Å²) in [4.78, 5) is 0. The van der Waals surface area contributed by atoms with Crippen LogP contribution in [-0.2, 0) is 6.42 Å². The molecule has 1 atom stereocenters. The Bertz CT molecular complexity index is 569. The van der Waals surface area contributed by atoms with E-state index in [1.807, 2.05) is 19.1 Å². The second kappa shape index (κ2) is 6.48. The molecule has 1 unspecified atom stereocenters. The van der Waals surface area contributed by atoms with Gasteiger partial charge in [0.2, 0.25) is 0 Å². The van der Waals surface area contributed by atoms with Gasteiger partial charge in [-0.3, -0.25) is 0 Å². The van der Waals surface area contributed by atoms with Gasteiger partial charge in [-0.1, -0.05) is 18.2 Å². The molecule has 2 nitrogen and oxygen atoms in total. The predicted molar refractivity (Wildman–Crippen MR) is 74.6 cm³/mol. The van der Waals surface area contributed by atoms with Gasteiger partial charge >= 0.3 is 0 Å². The SMILES string of the molecule is CC(NCCc1ccc(O)cc1)c1ccc(F)c(F)c1. The summed E-state index contributed by atoms with van der Waals surface area (Å²) in [6, 6.07) is 10.9. The molecule has 0 aliphatic rings. The Morgan fingerprint density at radius 1 is 1.05 bits per heavy atom. The van der Waals surface area contributed by atoms with Crippen molar-refractivity contribution in [2.45, 2.75) is 19.4 Å². The van der Waals surface area contributed by atoms with Crippen LogP contribution in [0.3, 0.4) is 0 Å². The highest BCUT2D eigenvalue weighted by Gasteiger charge is 2.08. The number of phenols is 1. The average molecular weight is 277 g/mol. The fourth-order valence-corrected chi connectivity index (χ4v) is 2.00. The van der Waals surface area contributed by atoms with Crippen LogP contribution < -0.4 is 5.32 Å². The lowest BCUT2D eigenvalue weighted by molar-refractivity contribution is 0.475. The van der Waals surface area contributed by atoms with Crippen LogP contribution in [-0.4, -0.2) is 11.7 Å². The number of halogens is 2. The van der Waals surface area contributed by atoms with Crippen molar-refractivity contribution in [2.24, 2.45) is 0 Å². The molecule has 0 aliphatic heterocycles. The Kier molecular flexibility index (Phi) is 4.69. The summed E-state index contributed by atoms with van der Waals surface area (Å²) in [6.45, 7) is 2.62. The van der Waals surface area contributed by atoms with Crippen molar-refractivity contribution in [3.8, 4) is 5.75 Å². The van der Waals surface area contributed by atoms with Crippen LogP contribution in [0, 0.1) is 11.6 Å². The molecule has 0 spiro atoms. The fraction of sp³-hybridized carbons (Fsp3) is 0.250. The number of hydrogen-bond acceptors (Lipinski definition) is 2. The van der Waals surface area contributed by atoms with Crippen LogP contribution >= 0.6 is 0 Å². The van der Waals surface area contributed by atoms with Gasteiger partial charge < -0.3 is 10.4 Å². The van der Waals surface area contributed by atoms with E-state index < -0.39 is 11.6 Å². The summed E-state index contributed by atoms with van der Waals surface area (Å²) in [5.74, 6) is -1.41. The molecule has 0 radical (unpaired) electrons. The van der Waals surface area contributed by atoms with Gasteiger partial charge in [-0.05, 0) is 55.3 Å². The molecule has 2 rings (SSSR count). The molecule has 0 amide bonds. The molecule has 4 heteroatoms. The smallest absolute Gasteiger partial charge is 0.159 e. The van der Waals surface area contributed by atoms with Crippen LogP contribution in [0.5, 0.6) is 5.75 Å². The summed E-state index contributed by atoms with van der Waals surface area (Å²) in [7, 11) is 0. The number of phenolic OH excluding ortho intramolecular Hbond substituents is 1. The Labute approximate surface area is 117 Å². The lowest BCUT2D eigenvalue weighted by Crippen LogP contribution is -2.21. The lowest BCUT2D eigenvalue weighted by Gasteiger charge is -2.14. The number of rotatable bonds is 5. The fourth-order valence-electron chi connectivity index (χ4n) is 2.00. The lowest BCUT2D eigenvalue weighted by atomic mass is 10.1. The van der Waals surface area contributed by atoms with Crippen molar-refractivity contribution in [3.63, 3.8) is 0 Å². The van der Waals surface area contributed by atoms with Crippen LogP contribution in [0.25, 0.3) is 0 Å². The van der Waals surface area contributed by atoms with Gasteiger partial charge in [0.05, 0.1) is 0 Å². The largest absolute Gasteiger partial charge is 0.508 e. The van der Waals surface area contributed by atoms with Crippen molar-refractivity contribution in [1.29, 1.82) is 0 Å². The minimum Gasteiger partial charge on any atom is -0.508 e. The van der Waals surface area contributed by atoms with E-state index in [0.717, 1.165) is 23.6 Å². The molecule has 0 heterocycles. The molecule has 0 fully saturated rings. The van der Waals surface area contributed by atoms with Crippen molar-refractivity contribution < 1.29 is 13.9 Å². The number of benzene rings is 2. The van der Waals surface area contributed by atoms with E-state index in [0.29, 0.717) is 6.54 Å². The summed E-state index contributed by atoms with van der Waals surface area (Å²) >= 11 is 0. The van der Waals surface area contributed by atoms with E-state index in [1.54, 1.807) is 18.2 Å². The molecule has 106 valence electrons. The van der Waals surface area contributed by atoms with Crippen molar-refractivity contribution in [2.75, 3.05) is 6.54 Å². The Hall–Kier alpha value is -1.94. The van der Waals surface area contributed by atoms with E-state index in [2.05, 4.69) is 5.32 Å². The topological polar surface area (TPSA) is 32.3 Å². The third kappa shape index (κ3) is 3.78. The first kappa shape index (κ1) is 14.5. The molecule has 0 saturated carbocycles. The standard InChI is InChI=1S/C16H17F2NO/c1-11(13-4-7-15(17)16(18)10-13)19-9-8-12-2-5-14(20)6-3-12/h2-7,10-11,19-20H,8-9H2,1H3. The maximum atomic E-state index is 13.1. The van der Waals surface area contributed by atoms with Crippen LogP contribution in [0.15, 0.2) is 42.5 Å². The monoisotopic (exact) mass is 277 g/mol. The van der Waals surface area contributed by atoms with E-state index in [4.69, 9.17) is 0 Å². The zero-order valence-electron chi connectivity index (χ0n) is 11.2. The first-order valence-electron chi connectivity index (χ1n) is 6.52. The van der Waals surface area contributed by atoms with E-state index in [9.17, 15) is 13.9 Å². The highest BCUT2D eigenvalue weighted by Crippen LogP contribution is 2.16. The molecule has 2 aromatic carbocycles. The highest BCUT2D eigenvalue weighted by molar-refractivity contribution is 5.26. The zero-order chi connectivity index (χ0) is 14.5. The number of hydrogen-bond donors (Lipinski definition) is 2. The van der Waals surface area contributed by atoms with Gasteiger partial charge in [-0.15, -0.1) is 0 Å². The number of nitrogens with one attached hydrogen (secondary N) is 1. The maximum absolute atomic E-state index is 13.1. The second-order valence-corrected chi connectivity index (χ2v) is 4.77. The van der Waals surface area contributed by atoms with Crippen molar-refractivity contribution >= 4 is 0 Å². The van der Waals surface area contributed by atoms with Crippen LogP contribution in [0.4, 0.5) is 8.78 Å². The Balaban J connectivity index is 1.87. The van der Waals surface area contributed by atoms with Gasteiger partial charge in [0.25, 0.3) is 0 Å². The van der Waals surface area contributed by atoms with Crippen molar-refractivity contribution in [3.05, 3.63) is 65.2 Å². The summed E-state index contributed by atoms with van der Waals surface area (Å²) in [6.07, 6.45) is 0.800. The molecule has 20 heavy (non-hydrogen) atoms. The minimum absolute atomic E-state index is 0.0535. The van der Waals surface area contributed by atoms with Crippen LogP contribution in [0.1, 0.15) is 24.1 Å². The van der Waals surface area contributed by atoms with E-state index in [-0.39, 0.29) is 11.8 Å².